The molecule has 0 aliphatic heterocycles. The molecule has 2 heterocycles. The molecule has 0 amide bonds. The third-order valence-electron chi connectivity index (χ3n) is 2.01. The highest BCUT2D eigenvalue weighted by Crippen LogP contribution is 2.07. The molecule has 0 unspecified atom stereocenters. The Morgan fingerprint density at radius 1 is 0.812 bits per heavy atom. The van der Waals surface area contributed by atoms with Gasteiger partial charge in [0.15, 0.2) is 0 Å². The van der Waals surface area contributed by atoms with Gasteiger partial charge in [-0.2, -0.15) is 0 Å². The molecule has 0 atom stereocenters. The van der Waals surface area contributed by atoms with Gasteiger partial charge in [0.2, 0.25) is 0 Å². The lowest BCUT2D eigenvalue weighted by molar-refractivity contribution is 1.11. The maximum atomic E-state index is 4.18. The highest BCUT2D eigenvalue weighted by molar-refractivity contribution is 5.77. The summed E-state index contributed by atoms with van der Waals surface area (Å²) < 4.78 is 0. The Bertz CT molecular complexity index is 423. The van der Waals surface area contributed by atoms with E-state index in [1.807, 2.05) is 55.0 Å². The highest BCUT2D eigenvalue weighted by atomic mass is 19.0. The van der Waals surface area contributed by atoms with E-state index in [4.69, 9.17) is 0 Å². The second-order valence-corrected chi connectivity index (χ2v) is 3.08. The SMILES string of the molecule is F.c1cc[nH]c1.c1ccc2ncccc2c1. The fraction of sp³-hybridized carbons (Fsp3) is 0. The molecule has 3 heteroatoms. The molecule has 0 saturated heterocycles. The molecule has 0 spiro atoms. The summed E-state index contributed by atoms with van der Waals surface area (Å²) in [6.45, 7) is 0. The largest absolute Gasteiger partial charge is 0.368 e. The van der Waals surface area contributed by atoms with E-state index in [0.29, 0.717) is 0 Å². The normalized spacial score (nSPS) is 8.75. The first-order chi connectivity index (χ1) is 7.47. The summed E-state index contributed by atoms with van der Waals surface area (Å²) in [5.41, 5.74) is 1.06. The lowest BCUT2D eigenvalue weighted by Gasteiger charge is -1.91. The minimum Gasteiger partial charge on any atom is -0.368 e. The second-order valence-electron chi connectivity index (χ2n) is 3.08. The maximum absolute atomic E-state index is 4.18. The zero-order valence-electron chi connectivity index (χ0n) is 8.71. The van der Waals surface area contributed by atoms with Gasteiger partial charge >= 0.3 is 0 Å². The Balaban J connectivity index is 0.000000183. The molecule has 16 heavy (non-hydrogen) atoms. The van der Waals surface area contributed by atoms with Crippen LogP contribution >= 0.6 is 0 Å². The number of H-pyrrole nitrogens is 1. The smallest absolute Gasteiger partial charge is 0.0701 e. The van der Waals surface area contributed by atoms with Crippen molar-refractivity contribution in [1.82, 2.24) is 9.97 Å². The lowest BCUT2D eigenvalue weighted by Crippen LogP contribution is -1.73. The predicted molar refractivity (Wildman–Crippen MR) is 65.0 cm³/mol. The topological polar surface area (TPSA) is 28.7 Å². The molecule has 1 N–H and O–H groups in total. The Morgan fingerprint density at radius 3 is 2.12 bits per heavy atom. The van der Waals surface area contributed by atoms with Gasteiger partial charge in [-0.05, 0) is 24.3 Å². The molecule has 82 valence electrons. The first-order valence-electron chi connectivity index (χ1n) is 4.84. The van der Waals surface area contributed by atoms with Crippen LogP contribution < -0.4 is 0 Å². The van der Waals surface area contributed by atoms with Crippen molar-refractivity contribution in [3.8, 4) is 0 Å². The number of hydrogen-bond acceptors (Lipinski definition) is 1. The van der Waals surface area contributed by atoms with Gasteiger partial charge in [0.05, 0.1) is 5.52 Å². The first-order valence-corrected chi connectivity index (χ1v) is 4.84. The number of aromatic nitrogens is 2. The molecule has 0 aliphatic rings. The fourth-order valence-corrected chi connectivity index (χ4v) is 1.29. The van der Waals surface area contributed by atoms with Crippen LogP contribution in [0.25, 0.3) is 10.9 Å². The second kappa shape index (κ2) is 6.35. The van der Waals surface area contributed by atoms with Gasteiger partial charge in [0.1, 0.15) is 0 Å². The van der Waals surface area contributed by atoms with Gasteiger partial charge in [-0.1, -0.05) is 24.3 Å². The van der Waals surface area contributed by atoms with Crippen LogP contribution in [-0.4, -0.2) is 9.97 Å². The standard InChI is InChI=1S/C9H7N.C4H5N.FH/c1-2-6-9-8(4-1)5-3-7-10-9;1-2-4-5-3-1;/h1-7H;1-5H;1H. The van der Waals surface area contributed by atoms with E-state index in [1.54, 1.807) is 0 Å². The van der Waals surface area contributed by atoms with E-state index in [1.165, 1.54) is 5.39 Å². The number of pyridine rings is 1. The number of nitrogens with zero attached hydrogens (tertiary/aromatic N) is 1. The van der Waals surface area contributed by atoms with Crippen molar-refractivity contribution >= 4 is 10.9 Å². The van der Waals surface area contributed by atoms with E-state index >= 15 is 0 Å². The van der Waals surface area contributed by atoms with Gasteiger partial charge < -0.3 is 4.98 Å². The molecule has 3 aromatic rings. The summed E-state index contributed by atoms with van der Waals surface area (Å²) in [5.74, 6) is 0. The zero-order valence-corrected chi connectivity index (χ0v) is 8.71. The Morgan fingerprint density at radius 2 is 1.50 bits per heavy atom. The number of para-hydroxylation sites is 1. The Labute approximate surface area is 93.3 Å². The molecule has 0 radical (unpaired) electrons. The monoisotopic (exact) mass is 216 g/mol. The molecule has 2 aromatic heterocycles. The number of benzene rings is 1. The van der Waals surface area contributed by atoms with E-state index in [2.05, 4.69) is 22.1 Å². The van der Waals surface area contributed by atoms with Crippen molar-refractivity contribution in [1.29, 1.82) is 0 Å². The number of fused-ring (bicyclic) bond motifs is 1. The van der Waals surface area contributed by atoms with Crippen LogP contribution in [0, 0.1) is 0 Å². The van der Waals surface area contributed by atoms with E-state index in [-0.39, 0.29) is 4.70 Å². The number of nitrogens with one attached hydrogen (secondary N) is 1. The van der Waals surface area contributed by atoms with Gasteiger partial charge in [-0.3, -0.25) is 9.69 Å². The minimum absolute atomic E-state index is 0. The molecule has 2 nitrogen and oxygen atoms in total. The zero-order chi connectivity index (χ0) is 10.3. The highest BCUT2D eigenvalue weighted by Gasteiger charge is 1.86. The van der Waals surface area contributed by atoms with Crippen molar-refractivity contribution in [2.24, 2.45) is 0 Å². The van der Waals surface area contributed by atoms with Crippen LogP contribution in [0.3, 0.4) is 0 Å². The summed E-state index contributed by atoms with van der Waals surface area (Å²) >= 11 is 0. The average molecular weight is 216 g/mol. The summed E-state index contributed by atoms with van der Waals surface area (Å²) in [5, 5.41) is 1.20. The van der Waals surface area contributed by atoms with Crippen molar-refractivity contribution in [3.05, 3.63) is 67.1 Å². The van der Waals surface area contributed by atoms with Crippen LogP contribution in [0.1, 0.15) is 0 Å². The van der Waals surface area contributed by atoms with Gasteiger partial charge in [-0.25, -0.2) is 0 Å². The minimum atomic E-state index is 0. The summed E-state index contributed by atoms with van der Waals surface area (Å²) in [6.07, 6.45) is 5.56. The predicted octanol–water partition coefficient (Wildman–Crippen LogP) is 3.40. The molecule has 3 rings (SSSR count). The molecule has 0 fully saturated rings. The van der Waals surface area contributed by atoms with Gasteiger partial charge in [-0.15, -0.1) is 0 Å². The van der Waals surface area contributed by atoms with Crippen LogP contribution in [0.5, 0.6) is 0 Å². The summed E-state index contributed by atoms with van der Waals surface area (Å²) in [7, 11) is 0. The third kappa shape index (κ3) is 3.20. The molecule has 0 aliphatic carbocycles. The van der Waals surface area contributed by atoms with Crippen LogP contribution in [0.4, 0.5) is 4.70 Å². The summed E-state index contributed by atoms with van der Waals surface area (Å²) in [4.78, 5) is 7.04. The Kier molecular flexibility index (Phi) is 4.73. The molecular formula is C13H13FN2. The van der Waals surface area contributed by atoms with Gasteiger partial charge in [0, 0.05) is 24.0 Å². The number of rotatable bonds is 0. The maximum Gasteiger partial charge on any atom is 0.0701 e. The van der Waals surface area contributed by atoms with Crippen LogP contribution in [0.2, 0.25) is 0 Å². The summed E-state index contributed by atoms with van der Waals surface area (Å²) in [6, 6.07) is 16.0. The van der Waals surface area contributed by atoms with E-state index in [9.17, 15) is 0 Å². The van der Waals surface area contributed by atoms with Crippen LogP contribution in [0.15, 0.2) is 67.1 Å². The molecule has 0 bridgehead atoms. The Hall–Kier alpha value is -2.16. The number of halogens is 1. The first kappa shape index (κ1) is 11.9. The third-order valence-corrected chi connectivity index (χ3v) is 2.01. The average Bonchev–Trinajstić information content (AvgIpc) is 2.88. The molecular weight excluding hydrogens is 203 g/mol. The quantitative estimate of drug-likeness (QED) is 0.613. The van der Waals surface area contributed by atoms with Crippen molar-refractivity contribution in [2.45, 2.75) is 0 Å². The van der Waals surface area contributed by atoms with E-state index in [0.717, 1.165) is 5.52 Å². The van der Waals surface area contributed by atoms with Gasteiger partial charge in [0.25, 0.3) is 0 Å². The molecule has 0 saturated carbocycles. The fourth-order valence-electron chi connectivity index (χ4n) is 1.29. The van der Waals surface area contributed by atoms with E-state index < -0.39 is 0 Å². The van der Waals surface area contributed by atoms with Crippen LogP contribution in [-0.2, 0) is 0 Å². The van der Waals surface area contributed by atoms with Crippen molar-refractivity contribution in [2.75, 3.05) is 0 Å². The van der Waals surface area contributed by atoms with Crippen molar-refractivity contribution < 1.29 is 4.70 Å². The number of hydrogen-bond donors (Lipinski definition) is 1. The lowest BCUT2D eigenvalue weighted by atomic mass is 10.2. The molecule has 1 aromatic carbocycles. The number of aromatic amines is 1. The van der Waals surface area contributed by atoms with Crippen molar-refractivity contribution in [3.63, 3.8) is 0 Å².